The van der Waals surface area contributed by atoms with Crippen molar-refractivity contribution in [2.24, 2.45) is 23.2 Å². The van der Waals surface area contributed by atoms with Gasteiger partial charge in [0.05, 0.1) is 0 Å². The van der Waals surface area contributed by atoms with E-state index in [0.717, 1.165) is 24.3 Å². The first-order valence-corrected chi connectivity index (χ1v) is 9.56. The lowest BCUT2D eigenvalue weighted by atomic mass is 9.48. The number of carbonyl (C=O) groups is 1. The summed E-state index contributed by atoms with van der Waals surface area (Å²) in [6.45, 7) is 3.05. The third-order valence-electron chi connectivity index (χ3n) is 6.97. The minimum Gasteiger partial charge on any atom is -0.313 e. The largest absolute Gasteiger partial charge is 0.313 e. The van der Waals surface area contributed by atoms with Gasteiger partial charge in [-0.05, 0) is 92.9 Å². The Morgan fingerprint density at radius 1 is 1.12 bits per heavy atom. The van der Waals surface area contributed by atoms with Crippen LogP contribution in [0.5, 0.6) is 0 Å². The summed E-state index contributed by atoms with van der Waals surface area (Å²) in [5.41, 5.74) is 1.09. The maximum absolute atomic E-state index is 12.9. The van der Waals surface area contributed by atoms with E-state index in [0.29, 0.717) is 23.4 Å². The highest BCUT2D eigenvalue weighted by Crippen LogP contribution is 2.61. The van der Waals surface area contributed by atoms with Crippen molar-refractivity contribution in [1.82, 2.24) is 5.32 Å². The third-order valence-corrected chi connectivity index (χ3v) is 6.97. The zero-order chi connectivity index (χ0) is 16.7. The Morgan fingerprint density at radius 2 is 1.67 bits per heavy atom. The Kier molecular flexibility index (Phi) is 4.24. The van der Waals surface area contributed by atoms with Gasteiger partial charge >= 0.3 is 0 Å². The Morgan fingerprint density at radius 3 is 2.21 bits per heavy atom. The Balaban J connectivity index is 1.31. The molecule has 3 heteroatoms. The van der Waals surface area contributed by atoms with Gasteiger partial charge in [-0.2, -0.15) is 0 Å². The maximum Gasteiger partial charge on any atom is 0.164 e. The molecule has 4 saturated carbocycles. The smallest absolute Gasteiger partial charge is 0.164 e. The molecule has 1 unspecified atom stereocenters. The molecule has 4 fully saturated rings. The first-order chi connectivity index (χ1) is 11.5. The zero-order valence-corrected chi connectivity index (χ0v) is 14.6. The number of rotatable bonds is 6. The molecule has 0 aliphatic heterocycles. The molecule has 5 rings (SSSR count). The van der Waals surface area contributed by atoms with Crippen molar-refractivity contribution in [3.8, 4) is 0 Å². The van der Waals surface area contributed by atoms with Crippen molar-refractivity contribution in [3.63, 3.8) is 0 Å². The van der Waals surface area contributed by atoms with Crippen LogP contribution in [-0.2, 0) is 0 Å². The van der Waals surface area contributed by atoms with E-state index in [1.165, 1.54) is 50.7 Å². The van der Waals surface area contributed by atoms with E-state index in [9.17, 15) is 9.18 Å². The van der Waals surface area contributed by atoms with E-state index in [2.05, 4.69) is 12.2 Å². The number of hydrogen-bond donors (Lipinski definition) is 1. The lowest BCUT2D eigenvalue weighted by Crippen LogP contribution is -2.55. The molecule has 130 valence electrons. The van der Waals surface area contributed by atoms with Crippen molar-refractivity contribution >= 4 is 5.78 Å². The summed E-state index contributed by atoms with van der Waals surface area (Å²) in [6, 6.07) is 6.38. The van der Waals surface area contributed by atoms with Crippen LogP contribution in [-0.4, -0.2) is 18.4 Å². The fourth-order valence-corrected chi connectivity index (χ4v) is 6.11. The van der Waals surface area contributed by atoms with Crippen molar-refractivity contribution < 1.29 is 9.18 Å². The molecule has 1 N–H and O–H groups in total. The Hall–Kier alpha value is -1.22. The molecule has 0 radical (unpaired) electrons. The average Bonchev–Trinajstić information content (AvgIpc) is 2.54. The summed E-state index contributed by atoms with van der Waals surface area (Å²) in [5.74, 6) is 2.68. The van der Waals surface area contributed by atoms with Crippen molar-refractivity contribution in [2.45, 2.75) is 57.9 Å². The van der Waals surface area contributed by atoms with Crippen LogP contribution < -0.4 is 5.32 Å². The fourth-order valence-electron chi connectivity index (χ4n) is 6.11. The lowest BCUT2D eigenvalue weighted by molar-refractivity contribution is -0.0702. The van der Waals surface area contributed by atoms with Crippen LogP contribution in [0, 0.1) is 29.0 Å². The Bertz CT molecular complexity index is 573. The summed E-state index contributed by atoms with van der Waals surface area (Å²) in [6.07, 6.45) is 9.05. The third kappa shape index (κ3) is 3.03. The Labute approximate surface area is 144 Å². The predicted molar refractivity (Wildman–Crippen MR) is 93.4 cm³/mol. The molecule has 0 amide bonds. The maximum atomic E-state index is 12.9. The van der Waals surface area contributed by atoms with Crippen LogP contribution in [0.2, 0.25) is 0 Å². The van der Waals surface area contributed by atoms with Crippen LogP contribution in [0.25, 0.3) is 0 Å². The van der Waals surface area contributed by atoms with Crippen molar-refractivity contribution in [1.29, 1.82) is 0 Å². The van der Waals surface area contributed by atoms with Gasteiger partial charge in [0.25, 0.3) is 0 Å². The van der Waals surface area contributed by atoms with Gasteiger partial charge in [0.2, 0.25) is 0 Å². The van der Waals surface area contributed by atoms with Gasteiger partial charge in [-0.15, -0.1) is 0 Å². The molecule has 0 spiro atoms. The van der Waals surface area contributed by atoms with Crippen LogP contribution in [0.3, 0.4) is 0 Å². The monoisotopic (exact) mass is 329 g/mol. The molecule has 4 aliphatic carbocycles. The first-order valence-electron chi connectivity index (χ1n) is 9.56. The highest BCUT2D eigenvalue weighted by molar-refractivity contribution is 5.96. The molecule has 1 aromatic rings. The average molecular weight is 329 g/mol. The van der Waals surface area contributed by atoms with Crippen LogP contribution in [0.15, 0.2) is 24.3 Å². The summed E-state index contributed by atoms with van der Waals surface area (Å²) >= 11 is 0. The molecule has 1 atom stereocenters. The van der Waals surface area contributed by atoms with Crippen LogP contribution in [0.4, 0.5) is 4.39 Å². The molecule has 0 heterocycles. The number of hydrogen-bond acceptors (Lipinski definition) is 2. The number of Topliss-reactive ketones (excluding diaryl/α,β-unsaturated/α-hetero) is 1. The highest BCUT2D eigenvalue weighted by atomic mass is 19.1. The minimum absolute atomic E-state index is 0.0974. The molecule has 0 saturated heterocycles. The number of nitrogens with one attached hydrogen (secondary N) is 1. The predicted octanol–water partition coefficient (Wildman–Crippen LogP) is 4.59. The number of carbonyl (C=O) groups excluding carboxylic acids is 1. The molecule has 2 nitrogen and oxygen atoms in total. The first kappa shape index (κ1) is 16.3. The van der Waals surface area contributed by atoms with Crippen LogP contribution >= 0.6 is 0 Å². The quantitative estimate of drug-likeness (QED) is 0.773. The van der Waals surface area contributed by atoms with Gasteiger partial charge in [-0.1, -0.05) is 0 Å². The second-order valence-electron chi connectivity index (χ2n) is 8.64. The SMILES string of the molecule is CC(NCCC(=O)c1ccc(F)cc1)C12CC3CC(CC(C3)C1)C2. The summed E-state index contributed by atoms with van der Waals surface area (Å²) in [5, 5.41) is 3.66. The molecular weight excluding hydrogens is 301 g/mol. The van der Waals surface area contributed by atoms with E-state index >= 15 is 0 Å². The van der Waals surface area contributed by atoms with Gasteiger partial charge in [0.1, 0.15) is 5.82 Å². The summed E-state index contributed by atoms with van der Waals surface area (Å²) in [7, 11) is 0. The highest BCUT2D eigenvalue weighted by Gasteiger charge is 2.52. The van der Waals surface area contributed by atoms with E-state index in [1.54, 1.807) is 12.1 Å². The molecule has 4 aliphatic rings. The van der Waals surface area contributed by atoms with Crippen molar-refractivity contribution in [3.05, 3.63) is 35.6 Å². The van der Waals surface area contributed by atoms with Gasteiger partial charge in [-0.25, -0.2) is 4.39 Å². The molecular formula is C21H28FNO. The normalized spacial score (nSPS) is 35.2. The number of ketones is 1. The number of benzene rings is 1. The van der Waals surface area contributed by atoms with Gasteiger partial charge in [0, 0.05) is 24.6 Å². The fraction of sp³-hybridized carbons (Fsp3) is 0.667. The zero-order valence-electron chi connectivity index (χ0n) is 14.6. The van der Waals surface area contributed by atoms with Gasteiger partial charge < -0.3 is 5.32 Å². The van der Waals surface area contributed by atoms with Crippen molar-refractivity contribution in [2.75, 3.05) is 6.54 Å². The van der Waals surface area contributed by atoms with E-state index in [4.69, 9.17) is 0 Å². The summed E-state index contributed by atoms with van der Waals surface area (Å²) < 4.78 is 12.9. The second-order valence-corrected chi connectivity index (χ2v) is 8.64. The van der Waals surface area contributed by atoms with E-state index < -0.39 is 0 Å². The molecule has 1 aromatic carbocycles. The second kappa shape index (κ2) is 6.25. The topological polar surface area (TPSA) is 29.1 Å². The summed E-state index contributed by atoms with van der Waals surface area (Å²) in [4.78, 5) is 12.2. The number of halogens is 1. The minimum atomic E-state index is -0.292. The lowest BCUT2D eigenvalue weighted by Gasteiger charge is -2.59. The standard InChI is InChI=1S/C21H28FNO/c1-14(21-11-15-8-16(12-21)10-17(9-15)13-21)23-7-6-20(24)18-2-4-19(22)5-3-18/h2-5,14-17,23H,6-13H2,1H3. The molecule has 0 aromatic heterocycles. The van der Waals surface area contributed by atoms with Crippen LogP contribution in [0.1, 0.15) is 62.2 Å². The molecule has 4 bridgehead atoms. The van der Waals surface area contributed by atoms with E-state index in [-0.39, 0.29) is 11.6 Å². The van der Waals surface area contributed by atoms with Gasteiger partial charge in [-0.3, -0.25) is 4.79 Å². The molecule has 24 heavy (non-hydrogen) atoms. The van der Waals surface area contributed by atoms with E-state index in [1.807, 2.05) is 0 Å². The van der Waals surface area contributed by atoms with Gasteiger partial charge in [0.15, 0.2) is 5.78 Å².